The lowest BCUT2D eigenvalue weighted by atomic mass is 10.4. The Labute approximate surface area is 121 Å². The molecule has 3 N–H and O–H groups in total. The van der Waals surface area contributed by atoms with Crippen molar-refractivity contribution in [2.24, 2.45) is 10.7 Å². The molecule has 118 valence electrons. The molecule has 0 aliphatic rings. The van der Waals surface area contributed by atoms with Crippen molar-refractivity contribution in [1.82, 2.24) is 4.90 Å². The van der Waals surface area contributed by atoms with E-state index in [1.54, 1.807) is 13.3 Å². The summed E-state index contributed by atoms with van der Waals surface area (Å²) in [6.45, 7) is 5.50. The summed E-state index contributed by atoms with van der Waals surface area (Å²) in [5, 5.41) is 8.32. The highest BCUT2D eigenvalue weighted by atomic mass is 16.5. The van der Waals surface area contributed by atoms with Gasteiger partial charge in [0.2, 0.25) is 0 Å². The highest BCUT2D eigenvalue weighted by Gasteiger charge is 2.01. The van der Waals surface area contributed by atoms with Gasteiger partial charge in [0.1, 0.15) is 6.61 Å². The Morgan fingerprint density at radius 2 is 1.90 bits per heavy atom. The van der Waals surface area contributed by atoms with Crippen molar-refractivity contribution in [3.8, 4) is 0 Å². The lowest BCUT2D eigenvalue weighted by molar-refractivity contribution is -0.142. The van der Waals surface area contributed by atoms with Crippen LogP contribution in [0.1, 0.15) is 13.8 Å². The highest BCUT2D eigenvalue weighted by Crippen LogP contribution is 1.96. The van der Waals surface area contributed by atoms with E-state index in [0.717, 1.165) is 5.70 Å². The van der Waals surface area contributed by atoms with Crippen LogP contribution < -0.4 is 5.73 Å². The van der Waals surface area contributed by atoms with Crippen LogP contribution >= 0.6 is 0 Å². The minimum atomic E-state index is -0.980. The minimum Gasteiger partial charge on any atom is -0.480 e. The molecule has 0 saturated heterocycles. The van der Waals surface area contributed by atoms with Crippen molar-refractivity contribution in [2.75, 3.05) is 47.1 Å². The number of carboxylic acid groups (broad SMARTS) is 1. The second-order valence-electron chi connectivity index (χ2n) is 3.46. The van der Waals surface area contributed by atoms with Gasteiger partial charge in [-0.15, -0.1) is 0 Å². The van der Waals surface area contributed by atoms with Gasteiger partial charge in [0.15, 0.2) is 0 Å². The molecule has 0 fully saturated rings. The average molecular weight is 289 g/mol. The van der Waals surface area contributed by atoms with Gasteiger partial charge >= 0.3 is 5.97 Å². The molecule has 0 aromatic rings. The van der Waals surface area contributed by atoms with Gasteiger partial charge < -0.3 is 25.2 Å². The zero-order valence-electron chi connectivity index (χ0n) is 12.8. The maximum atomic E-state index is 10.1. The molecular formula is C13H27N3O4. The van der Waals surface area contributed by atoms with Gasteiger partial charge in [-0.2, -0.15) is 0 Å². The fourth-order valence-electron chi connectivity index (χ4n) is 1.11. The summed E-state index contributed by atoms with van der Waals surface area (Å²) in [5.41, 5.74) is 6.26. The van der Waals surface area contributed by atoms with Gasteiger partial charge in [-0.25, -0.2) is 4.79 Å². The van der Waals surface area contributed by atoms with Crippen molar-refractivity contribution < 1.29 is 19.4 Å². The first-order chi connectivity index (χ1) is 9.61. The van der Waals surface area contributed by atoms with Gasteiger partial charge in [-0.3, -0.25) is 4.99 Å². The van der Waals surface area contributed by atoms with E-state index in [1.165, 1.54) is 6.20 Å². The third-order valence-electron chi connectivity index (χ3n) is 2.04. The van der Waals surface area contributed by atoms with Crippen LogP contribution in [-0.2, 0) is 14.3 Å². The van der Waals surface area contributed by atoms with Crippen LogP contribution in [0, 0.1) is 0 Å². The molecule has 7 heteroatoms. The fraction of sp³-hybridized carbons (Fsp3) is 0.692. The Bertz CT molecular complexity index is 293. The van der Waals surface area contributed by atoms with Gasteiger partial charge in [-0.05, 0) is 0 Å². The summed E-state index contributed by atoms with van der Waals surface area (Å²) in [4.78, 5) is 15.9. The molecule has 0 amide bonds. The van der Waals surface area contributed by atoms with Crippen molar-refractivity contribution in [3.63, 3.8) is 0 Å². The van der Waals surface area contributed by atoms with Crippen molar-refractivity contribution in [3.05, 3.63) is 11.9 Å². The van der Waals surface area contributed by atoms with Crippen LogP contribution in [-0.4, -0.2) is 69.3 Å². The Balaban J connectivity index is 0. The first kappa shape index (κ1) is 20.7. The Morgan fingerprint density at radius 3 is 2.40 bits per heavy atom. The molecular weight excluding hydrogens is 262 g/mol. The Morgan fingerprint density at radius 1 is 1.30 bits per heavy atom. The van der Waals surface area contributed by atoms with E-state index in [0.29, 0.717) is 19.8 Å². The van der Waals surface area contributed by atoms with E-state index in [2.05, 4.69) is 4.99 Å². The molecule has 20 heavy (non-hydrogen) atoms. The molecule has 0 unspecified atom stereocenters. The monoisotopic (exact) mass is 289 g/mol. The molecule has 0 aliphatic carbocycles. The van der Waals surface area contributed by atoms with E-state index < -0.39 is 5.97 Å². The molecule has 0 aliphatic heterocycles. The number of carbonyl (C=O) groups is 1. The van der Waals surface area contributed by atoms with E-state index in [-0.39, 0.29) is 13.2 Å². The van der Waals surface area contributed by atoms with E-state index in [4.69, 9.17) is 20.3 Å². The van der Waals surface area contributed by atoms with Crippen LogP contribution in [0.25, 0.3) is 0 Å². The lowest BCUT2D eigenvalue weighted by Crippen LogP contribution is -2.25. The third-order valence-corrected chi connectivity index (χ3v) is 2.04. The summed E-state index contributed by atoms with van der Waals surface area (Å²) in [6.07, 6.45) is 3.14. The zero-order chi connectivity index (χ0) is 15.8. The molecule has 0 atom stereocenters. The molecule has 0 bridgehead atoms. The highest BCUT2D eigenvalue weighted by molar-refractivity contribution is 5.77. The number of carboxylic acids is 1. The topological polar surface area (TPSA) is 97.4 Å². The van der Waals surface area contributed by atoms with Gasteiger partial charge in [-0.1, -0.05) is 13.8 Å². The first-order valence-electron chi connectivity index (χ1n) is 6.54. The predicted molar refractivity (Wildman–Crippen MR) is 79.9 cm³/mol. The van der Waals surface area contributed by atoms with Crippen LogP contribution in [0.3, 0.4) is 0 Å². The molecule has 0 radical (unpaired) electrons. The van der Waals surface area contributed by atoms with Crippen molar-refractivity contribution in [2.45, 2.75) is 13.8 Å². The smallest absolute Gasteiger partial charge is 0.329 e. The Hall–Kier alpha value is -1.60. The molecule has 0 rings (SSSR count). The van der Waals surface area contributed by atoms with Crippen molar-refractivity contribution >= 4 is 12.2 Å². The second-order valence-corrected chi connectivity index (χ2v) is 3.46. The maximum Gasteiger partial charge on any atom is 0.329 e. The van der Waals surface area contributed by atoms with Gasteiger partial charge in [0, 0.05) is 33.1 Å². The number of aliphatic carboxylic acids is 1. The van der Waals surface area contributed by atoms with E-state index in [1.807, 2.05) is 25.8 Å². The number of hydrogen-bond acceptors (Lipinski definition) is 6. The summed E-state index contributed by atoms with van der Waals surface area (Å²) in [6, 6.07) is 0. The number of likely N-dealkylation sites (N-methyl/N-ethyl adjacent to an activating group) is 1. The standard InChI is InChI=1S/C11H21N3O4.C2H6/c1-13-8-10(7-12)14(2)3-4-17-5-6-18-9-11(15)16;1-2/h7-8H,3-6,9,12H2,1-2H3,(H,15,16);1-2H3/b10-7+,13-8?;. The number of aliphatic imine (C=N–C) groups is 1. The molecule has 0 aromatic heterocycles. The van der Waals surface area contributed by atoms with Crippen LogP contribution in [0.4, 0.5) is 0 Å². The maximum absolute atomic E-state index is 10.1. The number of ether oxygens (including phenoxy) is 2. The quantitative estimate of drug-likeness (QED) is 0.450. The summed E-state index contributed by atoms with van der Waals surface area (Å²) in [5.74, 6) is -0.980. The second kappa shape index (κ2) is 15.5. The third kappa shape index (κ3) is 12.8. The minimum absolute atomic E-state index is 0.270. The average Bonchev–Trinajstić information content (AvgIpc) is 2.45. The number of hydrogen-bond donors (Lipinski definition) is 2. The molecule has 0 heterocycles. The van der Waals surface area contributed by atoms with Crippen molar-refractivity contribution in [1.29, 1.82) is 0 Å². The first-order valence-corrected chi connectivity index (χ1v) is 6.54. The predicted octanol–water partition coefficient (Wildman–Crippen LogP) is 0.563. The normalized spacial score (nSPS) is 11.1. The van der Waals surface area contributed by atoms with Crippen LogP contribution in [0.15, 0.2) is 16.9 Å². The summed E-state index contributed by atoms with van der Waals surface area (Å²) < 4.78 is 10.1. The largest absolute Gasteiger partial charge is 0.480 e. The zero-order valence-corrected chi connectivity index (χ0v) is 12.8. The SMILES string of the molecule is CC.CN=C/C(=C\N)N(C)CCOCCOCC(=O)O. The number of rotatable bonds is 10. The van der Waals surface area contributed by atoms with Gasteiger partial charge in [0.25, 0.3) is 0 Å². The number of nitrogens with zero attached hydrogens (tertiary/aromatic N) is 2. The van der Waals surface area contributed by atoms with Crippen LogP contribution in [0.2, 0.25) is 0 Å². The number of allylic oxidation sites excluding steroid dienone is 1. The molecule has 7 nitrogen and oxygen atoms in total. The lowest BCUT2D eigenvalue weighted by Gasteiger charge is -2.19. The van der Waals surface area contributed by atoms with E-state index in [9.17, 15) is 4.79 Å². The Kier molecular flexibility index (Phi) is 16.0. The molecule has 0 saturated carbocycles. The van der Waals surface area contributed by atoms with E-state index >= 15 is 0 Å². The number of nitrogens with two attached hydrogens (primary N) is 1. The van der Waals surface area contributed by atoms with Gasteiger partial charge in [0.05, 0.1) is 25.5 Å². The molecule has 0 aromatic carbocycles. The fourth-order valence-corrected chi connectivity index (χ4v) is 1.11. The summed E-state index contributed by atoms with van der Waals surface area (Å²) >= 11 is 0. The van der Waals surface area contributed by atoms with Crippen LogP contribution in [0.5, 0.6) is 0 Å². The molecule has 0 spiro atoms. The summed E-state index contributed by atoms with van der Waals surface area (Å²) in [7, 11) is 3.55.